The van der Waals surface area contributed by atoms with Gasteiger partial charge >= 0.3 is 0 Å². The molecule has 0 spiro atoms. The van der Waals surface area contributed by atoms with E-state index in [1.54, 1.807) is 18.5 Å². The first-order valence-corrected chi connectivity index (χ1v) is 10.9. The molecule has 1 amide bonds. The van der Waals surface area contributed by atoms with Gasteiger partial charge in [0.05, 0.1) is 31.0 Å². The summed E-state index contributed by atoms with van der Waals surface area (Å²) in [6, 6.07) is 15.4. The van der Waals surface area contributed by atoms with Gasteiger partial charge in [0.2, 0.25) is 0 Å². The zero-order valence-electron chi connectivity index (χ0n) is 18.0. The number of hydrogen-bond acceptors (Lipinski definition) is 7. The van der Waals surface area contributed by atoms with Crippen molar-refractivity contribution in [3.63, 3.8) is 0 Å². The summed E-state index contributed by atoms with van der Waals surface area (Å²) in [6.45, 7) is 3.13. The molecule has 0 saturated carbocycles. The number of nitrogens with one attached hydrogen (secondary N) is 2. The number of carbonyl (C=O) groups excluding carboxylic acids is 1. The van der Waals surface area contributed by atoms with Crippen molar-refractivity contribution in [2.24, 2.45) is 0 Å². The number of amides is 1. The summed E-state index contributed by atoms with van der Waals surface area (Å²) in [7, 11) is 0. The smallest absolute Gasteiger partial charge is 0.251 e. The van der Waals surface area contributed by atoms with Crippen LogP contribution in [0.15, 0.2) is 54.9 Å². The van der Waals surface area contributed by atoms with Crippen LogP contribution in [0.3, 0.4) is 0 Å². The molecule has 2 aromatic heterocycles. The monoisotopic (exact) mass is 444 g/mol. The van der Waals surface area contributed by atoms with Crippen molar-refractivity contribution in [2.45, 2.75) is 0 Å². The molecule has 9 nitrogen and oxygen atoms in total. The zero-order chi connectivity index (χ0) is 22.6. The summed E-state index contributed by atoms with van der Waals surface area (Å²) in [5, 5.41) is 20.1. The average Bonchev–Trinajstić information content (AvgIpc) is 3.31. The molecular formula is C24H24N6O3. The first-order valence-electron chi connectivity index (χ1n) is 10.9. The highest BCUT2D eigenvalue weighted by molar-refractivity contribution is 5.96. The van der Waals surface area contributed by atoms with Crippen molar-refractivity contribution >= 4 is 22.6 Å². The Morgan fingerprint density at radius 3 is 2.64 bits per heavy atom. The number of aliphatic hydroxyl groups is 1. The summed E-state index contributed by atoms with van der Waals surface area (Å²) in [6.07, 6.45) is 1.57. The number of hydrogen-bond donors (Lipinski definition) is 3. The summed E-state index contributed by atoms with van der Waals surface area (Å²) in [5.74, 6) is 0.661. The lowest BCUT2D eigenvalue weighted by Gasteiger charge is -2.27. The maximum Gasteiger partial charge on any atom is 0.251 e. The van der Waals surface area contributed by atoms with Crippen LogP contribution in [0.4, 0.5) is 5.82 Å². The maximum absolute atomic E-state index is 12.1. The first kappa shape index (κ1) is 21.0. The number of aromatic amines is 1. The molecule has 9 heteroatoms. The van der Waals surface area contributed by atoms with E-state index in [1.807, 2.05) is 30.3 Å². The highest BCUT2D eigenvalue weighted by atomic mass is 16.5. The Morgan fingerprint density at radius 1 is 1.06 bits per heavy atom. The highest BCUT2D eigenvalue weighted by Gasteiger charge is 2.16. The minimum atomic E-state index is -0.206. The predicted octanol–water partition coefficient (Wildman–Crippen LogP) is 2.25. The molecule has 0 bridgehead atoms. The van der Waals surface area contributed by atoms with Gasteiger partial charge in [0, 0.05) is 36.7 Å². The third kappa shape index (κ3) is 4.41. The fourth-order valence-electron chi connectivity index (χ4n) is 3.92. The van der Waals surface area contributed by atoms with E-state index in [2.05, 4.69) is 36.4 Å². The SMILES string of the molecule is O=C(NCCO)c1ccc(-c2ccc3[nH]nc(-c4cc(N5CCOCC5)ncn4)c3c2)cc1. The third-order valence-corrected chi connectivity index (χ3v) is 5.67. The van der Waals surface area contributed by atoms with Gasteiger partial charge in [-0.05, 0) is 35.4 Å². The van der Waals surface area contributed by atoms with Crippen molar-refractivity contribution in [1.29, 1.82) is 0 Å². The van der Waals surface area contributed by atoms with Gasteiger partial charge in [0.1, 0.15) is 17.8 Å². The van der Waals surface area contributed by atoms with E-state index in [9.17, 15) is 4.79 Å². The lowest BCUT2D eigenvalue weighted by Crippen LogP contribution is -2.36. The lowest BCUT2D eigenvalue weighted by molar-refractivity contribution is 0.0945. The van der Waals surface area contributed by atoms with E-state index in [-0.39, 0.29) is 19.1 Å². The number of fused-ring (bicyclic) bond motifs is 1. The Labute approximate surface area is 190 Å². The van der Waals surface area contributed by atoms with Crippen LogP contribution in [0.25, 0.3) is 33.4 Å². The molecular weight excluding hydrogens is 420 g/mol. The van der Waals surface area contributed by atoms with Crippen molar-refractivity contribution in [1.82, 2.24) is 25.5 Å². The van der Waals surface area contributed by atoms with Crippen LogP contribution in [0, 0.1) is 0 Å². The molecule has 0 atom stereocenters. The fourth-order valence-corrected chi connectivity index (χ4v) is 3.92. The van der Waals surface area contributed by atoms with Gasteiger partial charge in [-0.2, -0.15) is 5.10 Å². The standard InChI is InChI=1S/C24H24N6O3/c31-10-7-25-24(32)17-3-1-16(2-4-17)18-5-6-20-19(13-18)23(29-28-20)21-14-22(27-15-26-21)30-8-11-33-12-9-30/h1-6,13-15,31H,7-12H2,(H,25,32)(H,28,29). The third-order valence-electron chi connectivity index (χ3n) is 5.67. The van der Waals surface area contributed by atoms with E-state index in [1.165, 1.54) is 0 Å². The van der Waals surface area contributed by atoms with Gasteiger partial charge in [-0.3, -0.25) is 9.89 Å². The Morgan fingerprint density at radius 2 is 1.85 bits per heavy atom. The normalized spacial score (nSPS) is 13.9. The molecule has 5 rings (SSSR count). The number of aromatic nitrogens is 4. The van der Waals surface area contributed by atoms with Crippen molar-refractivity contribution in [2.75, 3.05) is 44.4 Å². The Balaban J connectivity index is 1.44. The molecule has 1 fully saturated rings. The Kier molecular flexibility index (Phi) is 5.97. The molecule has 1 aliphatic heterocycles. The second-order valence-corrected chi connectivity index (χ2v) is 7.75. The molecule has 2 aromatic carbocycles. The number of carbonyl (C=O) groups is 1. The van der Waals surface area contributed by atoms with Gasteiger partial charge in [0.25, 0.3) is 5.91 Å². The molecule has 0 unspecified atom stereocenters. The number of rotatable bonds is 6. The molecule has 3 heterocycles. The second-order valence-electron chi connectivity index (χ2n) is 7.75. The number of aliphatic hydroxyl groups excluding tert-OH is 1. The molecule has 33 heavy (non-hydrogen) atoms. The number of H-pyrrole nitrogens is 1. The number of benzene rings is 2. The predicted molar refractivity (Wildman–Crippen MR) is 125 cm³/mol. The largest absolute Gasteiger partial charge is 0.395 e. The van der Waals surface area contributed by atoms with Crippen molar-refractivity contribution < 1.29 is 14.6 Å². The second kappa shape index (κ2) is 9.35. The van der Waals surface area contributed by atoms with Gasteiger partial charge in [0.15, 0.2) is 0 Å². The van der Waals surface area contributed by atoms with E-state index in [4.69, 9.17) is 9.84 Å². The van der Waals surface area contributed by atoms with Crippen LogP contribution < -0.4 is 10.2 Å². The summed E-state index contributed by atoms with van der Waals surface area (Å²) < 4.78 is 5.44. The molecule has 3 N–H and O–H groups in total. The number of anilines is 1. The van der Waals surface area contributed by atoms with Gasteiger partial charge in [-0.1, -0.05) is 18.2 Å². The van der Waals surface area contributed by atoms with Crippen LogP contribution in [-0.2, 0) is 4.74 Å². The first-order chi connectivity index (χ1) is 16.2. The van der Waals surface area contributed by atoms with Crippen LogP contribution in [0.1, 0.15) is 10.4 Å². The van der Waals surface area contributed by atoms with Gasteiger partial charge in [-0.25, -0.2) is 9.97 Å². The Hall–Kier alpha value is -3.82. The number of nitrogens with zero attached hydrogens (tertiary/aromatic N) is 4. The highest BCUT2D eigenvalue weighted by Crippen LogP contribution is 2.31. The molecule has 1 aliphatic rings. The van der Waals surface area contributed by atoms with Crippen LogP contribution in [-0.4, -0.2) is 70.6 Å². The fraction of sp³-hybridized carbons (Fsp3) is 0.250. The number of morpholine rings is 1. The van der Waals surface area contributed by atoms with Gasteiger partial charge in [-0.15, -0.1) is 0 Å². The average molecular weight is 444 g/mol. The van der Waals surface area contributed by atoms with Crippen LogP contribution in [0.2, 0.25) is 0 Å². The molecule has 168 valence electrons. The Bertz CT molecular complexity index is 1260. The summed E-state index contributed by atoms with van der Waals surface area (Å²) in [5.41, 5.74) is 4.98. The van der Waals surface area contributed by atoms with E-state index in [0.717, 1.165) is 52.3 Å². The van der Waals surface area contributed by atoms with Gasteiger partial charge < -0.3 is 20.1 Å². The minimum Gasteiger partial charge on any atom is -0.395 e. The minimum absolute atomic E-state index is 0.0862. The zero-order valence-corrected chi connectivity index (χ0v) is 18.0. The molecule has 0 radical (unpaired) electrons. The molecule has 0 aliphatic carbocycles. The quantitative estimate of drug-likeness (QED) is 0.418. The molecule has 4 aromatic rings. The summed E-state index contributed by atoms with van der Waals surface area (Å²) in [4.78, 5) is 23.2. The topological polar surface area (TPSA) is 116 Å². The summed E-state index contributed by atoms with van der Waals surface area (Å²) >= 11 is 0. The lowest BCUT2D eigenvalue weighted by atomic mass is 10.0. The van der Waals surface area contributed by atoms with Crippen LogP contribution >= 0.6 is 0 Å². The van der Waals surface area contributed by atoms with E-state index >= 15 is 0 Å². The van der Waals surface area contributed by atoms with Crippen molar-refractivity contribution in [3.8, 4) is 22.5 Å². The number of ether oxygens (including phenoxy) is 1. The molecule has 1 saturated heterocycles. The van der Waals surface area contributed by atoms with E-state index < -0.39 is 0 Å². The van der Waals surface area contributed by atoms with E-state index in [0.29, 0.717) is 18.8 Å². The van der Waals surface area contributed by atoms with Crippen molar-refractivity contribution in [3.05, 3.63) is 60.4 Å². The van der Waals surface area contributed by atoms with Crippen LogP contribution in [0.5, 0.6) is 0 Å². The maximum atomic E-state index is 12.1.